The molecular weight excluding hydrogens is 481 g/mol. The fraction of sp³-hybridized carbons (Fsp3) is 0.200. The molecule has 1 N–H and O–H groups in total. The number of benzene rings is 3. The van der Waals surface area contributed by atoms with Crippen molar-refractivity contribution in [3.63, 3.8) is 0 Å². The molecule has 0 spiro atoms. The number of thioether (sulfide) groups is 1. The van der Waals surface area contributed by atoms with Gasteiger partial charge in [0, 0.05) is 17.3 Å². The van der Waals surface area contributed by atoms with E-state index in [9.17, 15) is 22.8 Å². The number of hydrogen-bond donors (Lipinski definition) is 1. The van der Waals surface area contributed by atoms with E-state index in [0.717, 1.165) is 17.7 Å². The quantitative estimate of drug-likeness (QED) is 0.465. The number of rotatable bonds is 6. The van der Waals surface area contributed by atoms with Crippen LogP contribution in [0.4, 0.5) is 24.5 Å². The maximum absolute atomic E-state index is 12.9. The molecule has 0 radical (unpaired) electrons. The minimum Gasteiger partial charge on any atom is -0.497 e. The van der Waals surface area contributed by atoms with Crippen molar-refractivity contribution >= 4 is 35.0 Å². The Balaban J connectivity index is 1.53. The van der Waals surface area contributed by atoms with Gasteiger partial charge in [-0.25, -0.2) is 0 Å². The van der Waals surface area contributed by atoms with Crippen molar-refractivity contribution in [2.45, 2.75) is 11.6 Å². The average Bonchev–Trinajstić information content (AvgIpc) is 3.24. The third-order valence-electron chi connectivity index (χ3n) is 5.42. The molecule has 1 unspecified atom stereocenters. The van der Waals surface area contributed by atoms with E-state index in [4.69, 9.17) is 9.47 Å². The van der Waals surface area contributed by atoms with Gasteiger partial charge in [0.05, 0.1) is 31.2 Å². The molecule has 0 aromatic heterocycles. The maximum Gasteiger partial charge on any atom is 0.416 e. The lowest BCUT2D eigenvalue weighted by molar-refractivity contribution is -0.137. The highest BCUT2D eigenvalue weighted by atomic mass is 32.2. The lowest BCUT2D eigenvalue weighted by atomic mass is 10.1. The van der Waals surface area contributed by atoms with Crippen LogP contribution in [0.1, 0.15) is 26.9 Å². The van der Waals surface area contributed by atoms with E-state index in [1.54, 1.807) is 54.5 Å². The minimum atomic E-state index is -4.53. The summed E-state index contributed by atoms with van der Waals surface area (Å²) in [6.45, 7) is 0. The Kier molecular flexibility index (Phi) is 6.93. The van der Waals surface area contributed by atoms with Crippen LogP contribution < -0.4 is 19.7 Å². The summed E-state index contributed by atoms with van der Waals surface area (Å²) in [6, 6.07) is 16.3. The Morgan fingerprint density at radius 2 is 1.77 bits per heavy atom. The van der Waals surface area contributed by atoms with Crippen molar-refractivity contribution in [3.05, 3.63) is 83.4 Å². The monoisotopic (exact) mass is 502 g/mol. The number of carbonyl (C=O) groups is 2. The molecule has 1 atom stereocenters. The molecule has 1 fully saturated rings. The van der Waals surface area contributed by atoms with Crippen LogP contribution in [0.25, 0.3) is 0 Å². The summed E-state index contributed by atoms with van der Waals surface area (Å²) in [7, 11) is 3.06. The average molecular weight is 503 g/mol. The molecule has 1 aliphatic heterocycles. The second kappa shape index (κ2) is 9.91. The molecule has 0 aliphatic carbocycles. The van der Waals surface area contributed by atoms with Gasteiger partial charge in [-0.3, -0.25) is 14.5 Å². The first-order valence-corrected chi connectivity index (χ1v) is 11.5. The zero-order valence-corrected chi connectivity index (χ0v) is 19.6. The number of nitrogens with one attached hydrogen (secondary N) is 1. The predicted octanol–water partition coefficient (Wildman–Crippen LogP) is 5.75. The predicted molar refractivity (Wildman–Crippen MR) is 128 cm³/mol. The zero-order chi connectivity index (χ0) is 25.2. The Morgan fingerprint density at radius 1 is 1.03 bits per heavy atom. The lowest BCUT2D eigenvalue weighted by Gasteiger charge is -2.26. The number of hydrogen-bond acceptors (Lipinski definition) is 5. The third kappa shape index (κ3) is 5.22. The highest BCUT2D eigenvalue weighted by molar-refractivity contribution is 8.00. The van der Waals surface area contributed by atoms with Gasteiger partial charge in [-0.2, -0.15) is 13.2 Å². The van der Waals surface area contributed by atoms with Gasteiger partial charge in [-0.1, -0.05) is 18.2 Å². The maximum atomic E-state index is 12.9. The number of amides is 2. The molecule has 0 saturated carbocycles. The van der Waals surface area contributed by atoms with Crippen molar-refractivity contribution in [1.82, 2.24) is 0 Å². The van der Waals surface area contributed by atoms with Crippen molar-refractivity contribution < 1.29 is 32.2 Å². The molecular formula is C25H21F3N2O4S. The van der Waals surface area contributed by atoms with Crippen LogP contribution in [0, 0.1) is 0 Å². The molecule has 1 aliphatic rings. The van der Waals surface area contributed by atoms with E-state index in [2.05, 4.69) is 5.32 Å². The molecule has 4 rings (SSSR count). The second-order valence-electron chi connectivity index (χ2n) is 7.62. The highest BCUT2D eigenvalue weighted by Gasteiger charge is 2.36. The molecule has 182 valence electrons. The van der Waals surface area contributed by atoms with Gasteiger partial charge >= 0.3 is 6.18 Å². The number of nitrogens with zero attached hydrogens (tertiary/aromatic N) is 1. The summed E-state index contributed by atoms with van der Waals surface area (Å²) < 4.78 is 49.5. The second-order valence-corrected chi connectivity index (χ2v) is 8.69. The first-order valence-electron chi connectivity index (χ1n) is 10.5. The number of halogens is 3. The Hall–Kier alpha value is -3.66. The molecule has 0 bridgehead atoms. The summed E-state index contributed by atoms with van der Waals surface area (Å²) >= 11 is 1.45. The lowest BCUT2D eigenvalue weighted by Crippen LogP contribution is -2.28. The van der Waals surface area contributed by atoms with Gasteiger partial charge in [0.1, 0.15) is 16.9 Å². The van der Waals surface area contributed by atoms with Crippen molar-refractivity contribution in [1.29, 1.82) is 0 Å². The summed E-state index contributed by atoms with van der Waals surface area (Å²) in [5.41, 5.74) is 0.848. The number of ether oxygens (including phenoxy) is 2. The largest absolute Gasteiger partial charge is 0.497 e. The van der Waals surface area contributed by atoms with Gasteiger partial charge < -0.3 is 14.8 Å². The summed E-state index contributed by atoms with van der Waals surface area (Å²) in [4.78, 5) is 26.9. The number of anilines is 2. The van der Waals surface area contributed by atoms with Crippen molar-refractivity contribution in [2.75, 3.05) is 30.2 Å². The number of alkyl halides is 3. The van der Waals surface area contributed by atoms with Crippen LogP contribution in [0.5, 0.6) is 11.5 Å². The highest BCUT2D eigenvalue weighted by Crippen LogP contribution is 2.45. The molecule has 6 nitrogen and oxygen atoms in total. The van der Waals surface area contributed by atoms with Gasteiger partial charge in [0.25, 0.3) is 5.91 Å². The molecule has 1 saturated heterocycles. The van der Waals surface area contributed by atoms with Gasteiger partial charge in [-0.15, -0.1) is 11.8 Å². The fourth-order valence-electron chi connectivity index (χ4n) is 3.69. The van der Waals surface area contributed by atoms with Crippen LogP contribution in [-0.4, -0.2) is 31.8 Å². The smallest absolute Gasteiger partial charge is 0.416 e. The molecule has 2 amide bonds. The van der Waals surface area contributed by atoms with E-state index >= 15 is 0 Å². The van der Waals surface area contributed by atoms with Crippen LogP contribution in [0.2, 0.25) is 0 Å². The Labute approximate surface area is 204 Å². The van der Waals surface area contributed by atoms with Crippen LogP contribution >= 0.6 is 11.8 Å². The topological polar surface area (TPSA) is 67.9 Å². The minimum absolute atomic E-state index is 0.0783. The van der Waals surface area contributed by atoms with E-state index in [1.807, 2.05) is 0 Å². The Bertz CT molecular complexity index is 1250. The van der Waals surface area contributed by atoms with Gasteiger partial charge in [0.2, 0.25) is 5.91 Å². The first-order chi connectivity index (χ1) is 16.7. The van der Waals surface area contributed by atoms with Gasteiger partial charge in [-0.05, 0) is 48.0 Å². The third-order valence-corrected chi connectivity index (χ3v) is 6.63. The first kappa shape index (κ1) is 24.5. The molecule has 10 heteroatoms. The van der Waals surface area contributed by atoms with Crippen LogP contribution in [0.15, 0.2) is 66.7 Å². The molecule has 3 aromatic rings. The Morgan fingerprint density at radius 3 is 2.43 bits per heavy atom. The molecule has 1 heterocycles. The number of carbonyl (C=O) groups excluding carboxylic acids is 2. The molecule has 35 heavy (non-hydrogen) atoms. The van der Waals surface area contributed by atoms with E-state index in [1.165, 1.54) is 31.0 Å². The standard InChI is InChI=1S/C25H21F3N2O4S/c1-33-19-10-11-20(21(13-19)34-2)30-22(31)14-35-24(30)15-6-8-18(9-7-15)29-23(32)16-4-3-5-17(12-16)25(26,27)28/h3-13,24H,14H2,1-2H3,(H,29,32). The van der Waals surface area contributed by atoms with Gasteiger partial charge in [0.15, 0.2) is 0 Å². The summed E-state index contributed by atoms with van der Waals surface area (Å²) in [5.74, 6) is 0.648. The van der Waals surface area contributed by atoms with Crippen molar-refractivity contribution in [2.24, 2.45) is 0 Å². The fourth-order valence-corrected chi connectivity index (χ4v) is 4.86. The summed E-state index contributed by atoms with van der Waals surface area (Å²) in [5, 5.41) is 2.29. The zero-order valence-electron chi connectivity index (χ0n) is 18.8. The number of methoxy groups -OCH3 is 2. The van der Waals surface area contributed by atoms with Crippen LogP contribution in [-0.2, 0) is 11.0 Å². The van der Waals surface area contributed by atoms with Crippen molar-refractivity contribution in [3.8, 4) is 11.5 Å². The van der Waals surface area contributed by atoms with E-state index < -0.39 is 17.6 Å². The molecule has 3 aromatic carbocycles. The SMILES string of the molecule is COc1ccc(N2C(=O)CSC2c2ccc(NC(=O)c3cccc(C(F)(F)F)c3)cc2)c(OC)c1. The van der Waals surface area contributed by atoms with E-state index in [0.29, 0.717) is 22.9 Å². The van der Waals surface area contributed by atoms with Crippen LogP contribution in [0.3, 0.4) is 0 Å². The summed E-state index contributed by atoms with van der Waals surface area (Å²) in [6.07, 6.45) is -4.53. The normalized spacial score (nSPS) is 15.7. The van der Waals surface area contributed by atoms with E-state index in [-0.39, 0.29) is 22.6 Å².